The summed E-state index contributed by atoms with van der Waals surface area (Å²) in [7, 11) is 2.06. The van der Waals surface area contributed by atoms with Crippen LogP contribution >= 0.6 is 0 Å². The standard InChI is InChI=1S/C19H18N2.C17H8N4/c1-4-16-17(5-2)21(15-11-7-6-8-12-15)19-14-10-9-13-18(19)20(16)3;1-9-5-6-12-15-10(9)3-2-4-11(15)16-17(12)21-14(8-19)13(7-18)20-16/h4-14H,1-2H2,3H3;2-6H,1H3. The summed E-state index contributed by atoms with van der Waals surface area (Å²) < 4.78 is 0. The molecule has 0 fully saturated rings. The predicted octanol–water partition coefficient (Wildman–Crippen LogP) is 8.19. The number of likely N-dealkylation sites (N-methyl/N-ethyl adjacent to an activating group) is 1. The van der Waals surface area contributed by atoms with Gasteiger partial charge in [0, 0.05) is 29.2 Å². The Morgan fingerprint density at radius 1 is 0.690 bits per heavy atom. The fourth-order valence-electron chi connectivity index (χ4n) is 5.69. The van der Waals surface area contributed by atoms with Crippen LogP contribution in [-0.4, -0.2) is 17.0 Å². The first-order valence-electron chi connectivity index (χ1n) is 13.4. The molecule has 6 nitrogen and oxygen atoms in total. The van der Waals surface area contributed by atoms with Crippen molar-refractivity contribution in [3.8, 4) is 34.7 Å². The number of nitrogens with zero attached hydrogens (tertiary/aromatic N) is 6. The predicted molar refractivity (Wildman–Crippen MR) is 169 cm³/mol. The second kappa shape index (κ2) is 10.5. The van der Waals surface area contributed by atoms with Gasteiger partial charge in [0.2, 0.25) is 0 Å². The van der Waals surface area contributed by atoms with E-state index in [-0.39, 0.29) is 11.4 Å². The summed E-state index contributed by atoms with van der Waals surface area (Å²) in [6, 6.07) is 32.7. The molecule has 1 aromatic heterocycles. The molecule has 42 heavy (non-hydrogen) atoms. The highest BCUT2D eigenvalue weighted by molar-refractivity contribution is 6.14. The van der Waals surface area contributed by atoms with Gasteiger partial charge in [0.1, 0.15) is 12.1 Å². The summed E-state index contributed by atoms with van der Waals surface area (Å²) in [6.45, 7) is 10.0. The number of rotatable bonds is 3. The van der Waals surface area contributed by atoms with Crippen LogP contribution in [0.5, 0.6) is 0 Å². The Labute approximate surface area is 245 Å². The second-order valence-corrected chi connectivity index (χ2v) is 9.90. The summed E-state index contributed by atoms with van der Waals surface area (Å²) in [6.07, 6.45) is 3.76. The lowest BCUT2D eigenvalue weighted by Crippen LogP contribution is -2.30. The Morgan fingerprint density at radius 3 is 1.90 bits per heavy atom. The minimum absolute atomic E-state index is 0.0813. The average Bonchev–Trinajstić information content (AvgIpc) is 3.36. The summed E-state index contributed by atoms with van der Waals surface area (Å²) in [5, 5.41) is 20.5. The molecule has 4 aromatic carbocycles. The van der Waals surface area contributed by atoms with Crippen molar-refractivity contribution in [3.63, 3.8) is 0 Å². The van der Waals surface area contributed by atoms with Crippen molar-refractivity contribution in [3.05, 3.63) is 139 Å². The number of allylic oxidation sites excluding steroid dienone is 2. The number of anilines is 3. The maximum absolute atomic E-state index is 9.13. The van der Waals surface area contributed by atoms with Crippen LogP contribution in [0.1, 0.15) is 17.0 Å². The van der Waals surface area contributed by atoms with Crippen LogP contribution in [0, 0.1) is 29.6 Å². The molecule has 0 amide bonds. The summed E-state index contributed by atoms with van der Waals surface area (Å²) in [5.74, 6) is 0. The van der Waals surface area contributed by atoms with Crippen LogP contribution in [0.2, 0.25) is 0 Å². The maximum Gasteiger partial charge on any atom is 0.177 e. The monoisotopic (exact) mass is 542 g/mol. The van der Waals surface area contributed by atoms with Crippen molar-refractivity contribution in [2.24, 2.45) is 0 Å². The van der Waals surface area contributed by atoms with Crippen molar-refractivity contribution in [2.75, 3.05) is 16.8 Å². The maximum atomic E-state index is 9.13. The highest BCUT2D eigenvalue weighted by Crippen LogP contribution is 2.46. The van der Waals surface area contributed by atoms with Gasteiger partial charge in [0.25, 0.3) is 0 Å². The molecule has 1 aliphatic carbocycles. The van der Waals surface area contributed by atoms with E-state index in [9.17, 15) is 0 Å². The largest absolute Gasteiger partial charge is 0.341 e. The second-order valence-electron chi connectivity index (χ2n) is 9.90. The van der Waals surface area contributed by atoms with Gasteiger partial charge in [-0.15, -0.1) is 0 Å². The van der Waals surface area contributed by atoms with E-state index in [1.807, 2.05) is 66.8 Å². The fourth-order valence-corrected chi connectivity index (χ4v) is 5.69. The van der Waals surface area contributed by atoms with Crippen molar-refractivity contribution in [1.29, 1.82) is 10.5 Å². The van der Waals surface area contributed by atoms with Crippen molar-refractivity contribution in [2.45, 2.75) is 6.92 Å². The quantitative estimate of drug-likeness (QED) is 0.224. The molecule has 7 rings (SSSR count). The summed E-state index contributed by atoms with van der Waals surface area (Å²) >= 11 is 0. The van der Waals surface area contributed by atoms with Crippen LogP contribution in [0.25, 0.3) is 33.3 Å². The molecule has 1 aliphatic heterocycles. The van der Waals surface area contributed by atoms with Crippen molar-refractivity contribution < 1.29 is 0 Å². The van der Waals surface area contributed by atoms with E-state index in [1.165, 1.54) is 5.56 Å². The van der Waals surface area contributed by atoms with Gasteiger partial charge >= 0.3 is 0 Å². The van der Waals surface area contributed by atoms with E-state index in [2.05, 4.69) is 89.4 Å². The number of fused-ring (bicyclic) bond motifs is 4. The van der Waals surface area contributed by atoms with E-state index >= 15 is 0 Å². The molecule has 0 saturated carbocycles. The van der Waals surface area contributed by atoms with E-state index in [1.54, 1.807) is 0 Å². The number of hydrogen-bond donors (Lipinski definition) is 0. The highest BCUT2D eigenvalue weighted by Gasteiger charge is 2.28. The first-order chi connectivity index (χ1) is 20.5. The SMILES string of the molecule is C=CC1=C(C=C)N(c2ccccc2)c2ccccc2N1C.Cc1ccc2c3c(cccc13)-c1nc(C#N)c(C#N)nc1-2. The number of aromatic nitrogens is 2. The first kappa shape index (κ1) is 26.3. The Hall–Kier alpha value is -5.98. The molecule has 0 spiro atoms. The minimum atomic E-state index is 0.0813. The average molecular weight is 543 g/mol. The van der Waals surface area contributed by atoms with Gasteiger partial charge in [-0.05, 0) is 54.3 Å². The van der Waals surface area contributed by atoms with Gasteiger partial charge in [-0.2, -0.15) is 10.5 Å². The lowest BCUT2D eigenvalue weighted by atomic mass is 10.0. The zero-order chi connectivity index (χ0) is 29.4. The molecule has 0 saturated heterocycles. The van der Waals surface area contributed by atoms with Crippen LogP contribution in [-0.2, 0) is 0 Å². The first-order valence-corrected chi connectivity index (χ1v) is 13.4. The minimum Gasteiger partial charge on any atom is -0.341 e. The third-order valence-corrected chi connectivity index (χ3v) is 7.63. The Balaban J connectivity index is 0.000000150. The molecule has 0 atom stereocenters. The Morgan fingerprint density at radius 2 is 1.29 bits per heavy atom. The Kier molecular flexibility index (Phi) is 6.59. The number of para-hydroxylation sites is 3. The van der Waals surface area contributed by atoms with Gasteiger partial charge in [-0.1, -0.05) is 73.8 Å². The van der Waals surface area contributed by atoms with E-state index < -0.39 is 0 Å². The van der Waals surface area contributed by atoms with Gasteiger partial charge < -0.3 is 9.80 Å². The van der Waals surface area contributed by atoms with E-state index in [0.29, 0.717) is 11.4 Å². The molecular formula is C36H26N6. The molecular weight excluding hydrogens is 516 g/mol. The fraction of sp³-hybridized carbons (Fsp3) is 0.0556. The highest BCUT2D eigenvalue weighted by atomic mass is 15.3. The lowest BCUT2D eigenvalue weighted by Gasteiger charge is -2.38. The van der Waals surface area contributed by atoms with Crippen LogP contribution < -0.4 is 9.80 Å². The van der Waals surface area contributed by atoms with Crippen molar-refractivity contribution >= 4 is 27.8 Å². The van der Waals surface area contributed by atoms with Crippen LogP contribution in [0.3, 0.4) is 0 Å². The smallest absolute Gasteiger partial charge is 0.177 e. The van der Waals surface area contributed by atoms with Crippen LogP contribution in [0.15, 0.2) is 122 Å². The summed E-state index contributed by atoms with van der Waals surface area (Å²) in [5.41, 5.74) is 10.2. The third kappa shape index (κ3) is 4.02. The molecule has 0 radical (unpaired) electrons. The van der Waals surface area contributed by atoms with E-state index in [0.717, 1.165) is 50.4 Å². The molecule has 200 valence electrons. The molecule has 2 heterocycles. The molecule has 5 aromatic rings. The zero-order valence-corrected chi connectivity index (χ0v) is 23.3. The van der Waals surface area contributed by atoms with E-state index in [4.69, 9.17) is 10.5 Å². The topological polar surface area (TPSA) is 79.8 Å². The van der Waals surface area contributed by atoms with Gasteiger partial charge in [0.05, 0.1) is 34.2 Å². The number of nitriles is 2. The van der Waals surface area contributed by atoms with Gasteiger partial charge in [0.15, 0.2) is 11.4 Å². The molecule has 2 aliphatic rings. The normalized spacial score (nSPS) is 12.5. The summed E-state index contributed by atoms with van der Waals surface area (Å²) in [4.78, 5) is 13.1. The molecule has 0 N–H and O–H groups in total. The number of hydrogen-bond acceptors (Lipinski definition) is 6. The number of benzene rings is 4. The zero-order valence-electron chi connectivity index (χ0n) is 23.3. The van der Waals surface area contributed by atoms with Crippen molar-refractivity contribution in [1.82, 2.24) is 9.97 Å². The third-order valence-electron chi connectivity index (χ3n) is 7.63. The van der Waals surface area contributed by atoms with Crippen LogP contribution in [0.4, 0.5) is 17.1 Å². The Bertz CT molecular complexity index is 1980. The number of aryl methyl sites for hydroxylation is 1. The molecule has 0 unspecified atom stereocenters. The lowest BCUT2D eigenvalue weighted by molar-refractivity contribution is 1.03. The van der Waals surface area contributed by atoms with Gasteiger partial charge in [-0.25, -0.2) is 9.97 Å². The molecule has 6 heteroatoms. The van der Waals surface area contributed by atoms with Gasteiger partial charge in [-0.3, -0.25) is 0 Å². The molecule has 0 bridgehead atoms.